The summed E-state index contributed by atoms with van der Waals surface area (Å²) in [6.45, 7) is 3.01. The number of rotatable bonds is 5. The molecule has 22 heavy (non-hydrogen) atoms. The van der Waals surface area contributed by atoms with E-state index >= 15 is 0 Å². The van der Waals surface area contributed by atoms with Crippen molar-refractivity contribution in [2.45, 2.75) is 13.0 Å². The summed E-state index contributed by atoms with van der Waals surface area (Å²) in [5.41, 5.74) is 1.95. The molecule has 0 radical (unpaired) electrons. The zero-order valence-electron chi connectivity index (χ0n) is 13.1. The van der Waals surface area contributed by atoms with E-state index in [0.717, 1.165) is 48.3 Å². The molecule has 5 heteroatoms. The fourth-order valence-corrected chi connectivity index (χ4v) is 3.04. The summed E-state index contributed by atoms with van der Waals surface area (Å²) in [6, 6.07) is 8.01. The minimum Gasteiger partial charge on any atom is -0.497 e. The number of aromatic nitrogens is 1. The maximum absolute atomic E-state index is 9.27. The van der Waals surface area contributed by atoms with Crippen molar-refractivity contribution in [3.05, 3.63) is 29.8 Å². The van der Waals surface area contributed by atoms with Crippen LogP contribution < -0.4 is 9.47 Å². The van der Waals surface area contributed by atoms with Crippen LogP contribution >= 0.6 is 0 Å². The number of aliphatic hydroxyl groups excluding tert-OH is 1. The third-order valence-corrected chi connectivity index (χ3v) is 4.28. The molecule has 5 nitrogen and oxygen atoms in total. The topological polar surface area (TPSA) is 54.8 Å². The van der Waals surface area contributed by atoms with Crippen LogP contribution in [0.2, 0.25) is 0 Å². The Morgan fingerprint density at radius 2 is 2.14 bits per heavy atom. The minimum absolute atomic E-state index is 0.267. The highest BCUT2D eigenvalue weighted by molar-refractivity contribution is 5.81. The van der Waals surface area contributed by atoms with Crippen LogP contribution in [0.15, 0.2) is 24.3 Å². The van der Waals surface area contributed by atoms with E-state index in [1.165, 1.54) is 0 Å². The number of fused-ring (bicyclic) bond motifs is 1. The molecule has 1 fully saturated rings. The van der Waals surface area contributed by atoms with Gasteiger partial charge in [0, 0.05) is 36.7 Å². The van der Waals surface area contributed by atoms with Crippen molar-refractivity contribution >= 4 is 10.9 Å². The highest BCUT2D eigenvalue weighted by atomic mass is 16.5. The van der Waals surface area contributed by atoms with E-state index < -0.39 is 0 Å². The fourth-order valence-electron chi connectivity index (χ4n) is 3.04. The number of ether oxygens (including phenoxy) is 2. The Bertz CT molecular complexity index is 660. The summed E-state index contributed by atoms with van der Waals surface area (Å²) in [7, 11) is 3.30. The van der Waals surface area contributed by atoms with Crippen LogP contribution in [0.1, 0.15) is 12.0 Å². The standard InChI is InChI=1S/C17H22N2O3/c1-21-15-4-3-13-7-14(17(22-2)18-16(13)8-15)10-19-6-5-12(9-19)11-20/h3-4,7-8,12,20H,5-6,9-11H2,1-2H3/t12-/m1/s1. The van der Waals surface area contributed by atoms with Gasteiger partial charge in [-0.15, -0.1) is 0 Å². The minimum atomic E-state index is 0.267. The zero-order chi connectivity index (χ0) is 15.5. The van der Waals surface area contributed by atoms with E-state index in [9.17, 15) is 5.11 Å². The van der Waals surface area contributed by atoms with E-state index in [1.807, 2.05) is 18.2 Å². The molecular formula is C17H22N2O3. The normalized spacial score (nSPS) is 18.8. The Balaban J connectivity index is 1.88. The summed E-state index contributed by atoms with van der Waals surface area (Å²) in [6.07, 6.45) is 1.05. The van der Waals surface area contributed by atoms with Crippen molar-refractivity contribution < 1.29 is 14.6 Å². The van der Waals surface area contributed by atoms with Crippen molar-refractivity contribution in [3.63, 3.8) is 0 Å². The van der Waals surface area contributed by atoms with E-state index in [1.54, 1.807) is 14.2 Å². The largest absolute Gasteiger partial charge is 0.497 e. The predicted octanol–water partition coefficient (Wildman–Crippen LogP) is 2.07. The highest BCUT2D eigenvalue weighted by Gasteiger charge is 2.23. The molecule has 0 amide bonds. The number of likely N-dealkylation sites (tertiary alicyclic amines) is 1. The molecule has 1 saturated heterocycles. The number of aliphatic hydroxyl groups is 1. The lowest BCUT2D eigenvalue weighted by atomic mass is 10.1. The van der Waals surface area contributed by atoms with Gasteiger partial charge in [0.05, 0.1) is 19.7 Å². The number of pyridine rings is 1. The van der Waals surface area contributed by atoms with Crippen LogP contribution in [0, 0.1) is 5.92 Å². The summed E-state index contributed by atoms with van der Waals surface area (Å²) in [5, 5.41) is 10.3. The second kappa shape index (κ2) is 6.50. The first kappa shape index (κ1) is 15.1. The maximum Gasteiger partial charge on any atom is 0.218 e. The van der Waals surface area contributed by atoms with Crippen molar-refractivity contribution in [2.75, 3.05) is 33.9 Å². The van der Waals surface area contributed by atoms with E-state index in [0.29, 0.717) is 11.8 Å². The number of hydrogen-bond donors (Lipinski definition) is 1. The summed E-state index contributed by atoms with van der Waals surface area (Å²) in [5.74, 6) is 1.84. The van der Waals surface area contributed by atoms with Gasteiger partial charge in [-0.2, -0.15) is 0 Å². The van der Waals surface area contributed by atoms with Crippen molar-refractivity contribution in [1.82, 2.24) is 9.88 Å². The van der Waals surface area contributed by atoms with Gasteiger partial charge in [-0.3, -0.25) is 4.90 Å². The number of nitrogens with zero attached hydrogens (tertiary/aromatic N) is 2. The third-order valence-electron chi connectivity index (χ3n) is 4.28. The molecule has 3 rings (SSSR count). The molecule has 1 aliphatic heterocycles. The SMILES string of the molecule is COc1ccc2cc(CN3CC[C@@H](CO)C3)c(OC)nc2c1. The Hall–Kier alpha value is -1.85. The molecule has 1 aromatic heterocycles. The second-order valence-corrected chi connectivity index (χ2v) is 5.79. The maximum atomic E-state index is 9.27. The lowest BCUT2D eigenvalue weighted by Gasteiger charge is -2.17. The van der Waals surface area contributed by atoms with E-state index in [-0.39, 0.29) is 6.61 Å². The Labute approximate surface area is 130 Å². The number of benzene rings is 1. The quantitative estimate of drug-likeness (QED) is 0.916. The van der Waals surface area contributed by atoms with Crippen LogP contribution in [-0.2, 0) is 6.54 Å². The lowest BCUT2D eigenvalue weighted by Crippen LogP contribution is -2.21. The molecule has 1 N–H and O–H groups in total. The average Bonchev–Trinajstić information content (AvgIpc) is 3.01. The molecule has 118 valence electrons. The van der Waals surface area contributed by atoms with Gasteiger partial charge in [0.2, 0.25) is 5.88 Å². The van der Waals surface area contributed by atoms with Gasteiger partial charge in [0.15, 0.2) is 0 Å². The first-order valence-corrected chi connectivity index (χ1v) is 7.58. The fraction of sp³-hybridized carbons (Fsp3) is 0.471. The molecule has 0 spiro atoms. The Morgan fingerprint density at radius 1 is 1.27 bits per heavy atom. The lowest BCUT2D eigenvalue weighted by molar-refractivity contribution is 0.219. The summed E-state index contributed by atoms with van der Waals surface area (Å²) < 4.78 is 10.7. The van der Waals surface area contributed by atoms with Gasteiger partial charge in [0.25, 0.3) is 0 Å². The zero-order valence-corrected chi connectivity index (χ0v) is 13.1. The van der Waals surface area contributed by atoms with Crippen LogP contribution in [0.3, 0.4) is 0 Å². The van der Waals surface area contributed by atoms with Crippen LogP contribution in [0.25, 0.3) is 10.9 Å². The van der Waals surface area contributed by atoms with Gasteiger partial charge in [-0.05, 0) is 37.1 Å². The molecule has 1 atom stereocenters. The second-order valence-electron chi connectivity index (χ2n) is 5.79. The first-order valence-electron chi connectivity index (χ1n) is 7.58. The highest BCUT2D eigenvalue weighted by Crippen LogP contribution is 2.27. The van der Waals surface area contributed by atoms with Crippen LogP contribution in [0.4, 0.5) is 0 Å². The van der Waals surface area contributed by atoms with E-state index in [4.69, 9.17) is 9.47 Å². The van der Waals surface area contributed by atoms with Crippen molar-refractivity contribution in [2.24, 2.45) is 5.92 Å². The molecule has 2 aromatic rings. The molecule has 1 aromatic carbocycles. The predicted molar refractivity (Wildman–Crippen MR) is 85.3 cm³/mol. The van der Waals surface area contributed by atoms with Gasteiger partial charge >= 0.3 is 0 Å². The Morgan fingerprint density at radius 3 is 2.82 bits per heavy atom. The average molecular weight is 302 g/mol. The molecule has 0 unspecified atom stereocenters. The van der Waals surface area contributed by atoms with Gasteiger partial charge < -0.3 is 14.6 Å². The molecule has 1 aliphatic rings. The Kier molecular flexibility index (Phi) is 4.45. The molecular weight excluding hydrogens is 280 g/mol. The van der Waals surface area contributed by atoms with Gasteiger partial charge in [-0.1, -0.05) is 0 Å². The van der Waals surface area contributed by atoms with Crippen molar-refractivity contribution in [1.29, 1.82) is 0 Å². The smallest absolute Gasteiger partial charge is 0.218 e. The molecule has 0 aliphatic carbocycles. The number of methoxy groups -OCH3 is 2. The third kappa shape index (κ3) is 3.00. The van der Waals surface area contributed by atoms with Crippen molar-refractivity contribution in [3.8, 4) is 11.6 Å². The summed E-state index contributed by atoms with van der Waals surface area (Å²) in [4.78, 5) is 6.95. The van der Waals surface area contributed by atoms with E-state index in [2.05, 4.69) is 16.0 Å². The molecule has 0 saturated carbocycles. The molecule has 0 bridgehead atoms. The number of hydrogen-bond acceptors (Lipinski definition) is 5. The van der Waals surface area contributed by atoms with Gasteiger partial charge in [0.1, 0.15) is 5.75 Å². The van der Waals surface area contributed by atoms with Gasteiger partial charge in [-0.25, -0.2) is 4.98 Å². The summed E-state index contributed by atoms with van der Waals surface area (Å²) >= 11 is 0. The first-order chi connectivity index (χ1) is 10.7. The monoisotopic (exact) mass is 302 g/mol. The molecule has 2 heterocycles. The van der Waals surface area contributed by atoms with Crippen LogP contribution in [-0.4, -0.2) is 48.9 Å². The van der Waals surface area contributed by atoms with Crippen LogP contribution in [0.5, 0.6) is 11.6 Å².